The van der Waals surface area contributed by atoms with Gasteiger partial charge in [0.25, 0.3) is 5.91 Å². The van der Waals surface area contributed by atoms with Crippen molar-refractivity contribution >= 4 is 17.7 Å². The summed E-state index contributed by atoms with van der Waals surface area (Å²) in [4.78, 5) is 14.3. The minimum Gasteiger partial charge on any atom is -0.381 e. The number of hydrogen-bond donors (Lipinski definition) is 0. The molecular formula is C13H18N2O3S. The van der Waals surface area contributed by atoms with E-state index in [2.05, 4.69) is 5.16 Å². The number of ether oxygens (including phenoxy) is 1. The number of aryl methyl sites for hydroxylation is 2. The summed E-state index contributed by atoms with van der Waals surface area (Å²) in [5.41, 5.74) is 1.30. The minimum absolute atomic E-state index is 0.0448. The van der Waals surface area contributed by atoms with Crippen LogP contribution in [0.25, 0.3) is 0 Å². The van der Waals surface area contributed by atoms with Crippen LogP contribution in [0.15, 0.2) is 4.52 Å². The van der Waals surface area contributed by atoms with Crippen LogP contribution in [0.3, 0.4) is 0 Å². The average Bonchev–Trinajstić information content (AvgIpc) is 2.91. The third-order valence-electron chi connectivity index (χ3n) is 4.00. The van der Waals surface area contributed by atoms with Gasteiger partial charge in [-0.2, -0.15) is 0 Å². The van der Waals surface area contributed by atoms with E-state index in [-0.39, 0.29) is 10.7 Å². The SMILES string of the molecule is CO[C@@H]1CSC2(C1)CN(C(=O)c1c(C)noc1C)C2. The molecular weight excluding hydrogens is 264 g/mol. The van der Waals surface area contributed by atoms with Crippen LogP contribution in [0.4, 0.5) is 0 Å². The summed E-state index contributed by atoms with van der Waals surface area (Å²) in [6, 6.07) is 0. The van der Waals surface area contributed by atoms with Gasteiger partial charge < -0.3 is 14.2 Å². The Hall–Kier alpha value is -1.01. The third-order valence-corrected chi connectivity index (χ3v) is 5.58. The number of carbonyl (C=O) groups is 1. The summed E-state index contributed by atoms with van der Waals surface area (Å²) < 4.78 is 10.7. The number of methoxy groups -OCH3 is 1. The number of rotatable bonds is 2. The van der Waals surface area contributed by atoms with Gasteiger partial charge in [-0.3, -0.25) is 4.79 Å². The van der Waals surface area contributed by atoms with Gasteiger partial charge in [0.2, 0.25) is 0 Å². The highest BCUT2D eigenvalue weighted by molar-refractivity contribution is 8.01. The summed E-state index contributed by atoms with van der Waals surface area (Å²) in [5.74, 6) is 1.68. The molecule has 2 aliphatic rings. The average molecular weight is 282 g/mol. The third kappa shape index (κ3) is 2.07. The maximum atomic E-state index is 12.4. The van der Waals surface area contributed by atoms with E-state index in [0.29, 0.717) is 23.1 Å². The van der Waals surface area contributed by atoms with E-state index in [4.69, 9.17) is 9.26 Å². The Morgan fingerprint density at radius 2 is 2.26 bits per heavy atom. The van der Waals surface area contributed by atoms with Crippen molar-refractivity contribution in [2.24, 2.45) is 0 Å². The van der Waals surface area contributed by atoms with Gasteiger partial charge in [0.05, 0.1) is 16.5 Å². The van der Waals surface area contributed by atoms with Crippen molar-refractivity contribution in [3.8, 4) is 0 Å². The van der Waals surface area contributed by atoms with Crippen LogP contribution in [0.1, 0.15) is 28.2 Å². The smallest absolute Gasteiger partial charge is 0.259 e. The van der Waals surface area contributed by atoms with Gasteiger partial charge in [0.15, 0.2) is 0 Å². The zero-order chi connectivity index (χ0) is 13.6. The van der Waals surface area contributed by atoms with Crippen molar-refractivity contribution in [3.05, 3.63) is 17.0 Å². The highest BCUT2D eigenvalue weighted by Crippen LogP contribution is 2.46. The number of hydrogen-bond acceptors (Lipinski definition) is 5. The lowest BCUT2D eigenvalue weighted by atomic mass is 9.92. The first-order chi connectivity index (χ1) is 9.04. The molecule has 1 amide bonds. The highest BCUT2D eigenvalue weighted by Gasteiger charge is 2.51. The van der Waals surface area contributed by atoms with Gasteiger partial charge in [-0.1, -0.05) is 5.16 Å². The molecule has 5 nitrogen and oxygen atoms in total. The molecule has 0 aliphatic carbocycles. The maximum absolute atomic E-state index is 12.4. The summed E-state index contributed by atoms with van der Waals surface area (Å²) in [5, 5.41) is 3.84. The van der Waals surface area contributed by atoms with E-state index >= 15 is 0 Å². The number of amides is 1. The van der Waals surface area contributed by atoms with E-state index < -0.39 is 0 Å². The molecule has 2 fully saturated rings. The fraction of sp³-hybridized carbons (Fsp3) is 0.692. The summed E-state index contributed by atoms with van der Waals surface area (Å²) in [6.07, 6.45) is 1.38. The summed E-state index contributed by atoms with van der Waals surface area (Å²) >= 11 is 1.93. The molecule has 6 heteroatoms. The zero-order valence-corrected chi connectivity index (χ0v) is 12.2. The van der Waals surface area contributed by atoms with Crippen molar-refractivity contribution < 1.29 is 14.1 Å². The predicted molar refractivity (Wildman–Crippen MR) is 72.5 cm³/mol. The fourth-order valence-corrected chi connectivity index (χ4v) is 4.51. The molecule has 0 aromatic carbocycles. The molecule has 19 heavy (non-hydrogen) atoms. The lowest BCUT2D eigenvalue weighted by molar-refractivity contribution is 0.0449. The molecule has 2 aliphatic heterocycles. The van der Waals surface area contributed by atoms with Gasteiger partial charge in [0.1, 0.15) is 11.3 Å². The molecule has 0 radical (unpaired) electrons. The highest BCUT2D eigenvalue weighted by atomic mass is 32.2. The molecule has 1 spiro atoms. The number of aromatic nitrogens is 1. The standard InChI is InChI=1S/C13H18N2O3S/c1-8-11(9(2)18-14-8)12(16)15-6-13(7-15)4-10(17-3)5-19-13/h10H,4-7H2,1-3H3/t10-/m0/s1. The zero-order valence-electron chi connectivity index (χ0n) is 11.4. The van der Waals surface area contributed by atoms with Gasteiger partial charge in [0, 0.05) is 26.0 Å². The molecule has 1 aromatic rings. The van der Waals surface area contributed by atoms with Crippen LogP contribution in [-0.2, 0) is 4.74 Å². The number of thioether (sulfide) groups is 1. The monoisotopic (exact) mass is 282 g/mol. The Balaban J connectivity index is 1.67. The van der Waals surface area contributed by atoms with Crippen molar-refractivity contribution in [1.82, 2.24) is 10.1 Å². The second-order valence-electron chi connectivity index (χ2n) is 5.42. The van der Waals surface area contributed by atoms with Gasteiger partial charge in [-0.05, 0) is 20.3 Å². The molecule has 1 atom stereocenters. The first-order valence-corrected chi connectivity index (χ1v) is 7.42. The van der Waals surface area contributed by atoms with Gasteiger partial charge in [-0.15, -0.1) is 11.8 Å². The molecule has 3 rings (SSSR count). The van der Waals surface area contributed by atoms with Crippen molar-refractivity contribution in [3.63, 3.8) is 0 Å². The molecule has 3 heterocycles. The summed E-state index contributed by atoms with van der Waals surface area (Å²) in [7, 11) is 1.76. The van der Waals surface area contributed by atoms with E-state index in [0.717, 1.165) is 25.3 Å². The van der Waals surface area contributed by atoms with Crippen LogP contribution in [0.5, 0.6) is 0 Å². The Kier molecular flexibility index (Phi) is 3.09. The second kappa shape index (κ2) is 4.52. The first-order valence-electron chi connectivity index (χ1n) is 6.43. The molecule has 2 saturated heterocycles. The Bertz CT molecular complexity index is 488. The van der Waals surface area contributed by atoms with Crippen LogP contribution < -0.4 is 0 Å². The normalized spacial score (nSPS) is 24.8. The Morgan fingerprint density at radius 1 is 1.53 bits per heavy atom. The fourth-order valence-electron chi connectivity index (χ4n) is 2.91. The van der Waals surface area contributed by atoms with Gasteiger partial charge >= 0.3 is 0 Å². The lowest BCUT2D eigenvalue weighted by Crippen LogP contribution is -2.60. The topological polar surface area (TPSA) is 55.6 Å². The lowest BCUT2D eigenvalue weighted by Gasteiger charge is -2.47. The van der Waals surface area contributed by atoms with Crippen LogP contribution >= 0.6 is 11.8 Å². The number of nitrogens with zero attached hydrogens (tertiary/aromatic N) is 2. The van der Waals surface area contributed by atoms with E-state index in [1.54, 1.807) is 14.0 Å². The molecule has 0 unspecified atom stereocenters. The van der Waals surface area contributed by atoms with Crippen LogP contribution in [0.2, 0.25) is 0 Å². The molecule has 0 bridgehead atoms. The number of likely N-dealkylation sites (tertiary alicyclic amines) is 1. The predicted octanol–water partition coefficient (Wildman–Crippen LogP) is 1.64. The quantitative estimate of drug-likeness (QED) is 0.825. The van der Waals surface area contributed by atoms with Crippen molar-refractivity contribution in [2.75, 3.05) is 26.0 Å². The minimum atomic E-state index is 0.0448. The Labute approximate surface area is 116 Å². The molecule has 0 saturated carbocycles. The van der Waals surface area contributed by atoms with Crippen molar-refractivity contribution in [2.45, 2.75) is 31.1 Å². The van der Waals surface area contributed by atoms with Gasteiger partial charge in [-0.25, -0.2) is 0 Å². The van der Waals surface area contributed by atoms with E-state index in [1.165, 1.54) is 0 Å². The van der Waals surface area contributed by atoms with Crippen LogP contribution in [0, 0.1) is 13.8 Å². The second-order valence-corrected chi connectivity index (χ2v) is 6.90. The van der Waals surface area contributed by atoms with E-state index in [1.807, 2.05) is 23.6 Å². The molecule has 104 valence electrons. The van der Waals surface area contributed by atoms with Crippen molar-refractivity contribution in [1.29, 1.82) is 0 Å². The maximum Gasteiger partial charge on any atom is 0.259 e. The first kappa shape index (κ1) is 13.0. The molecule has 0 N–H and O–H groups in total. The van der Waals surface area contributed by atoms with E-state index in [9.17, 15) is 4.79 Å². The largest absolute Gasteiger partial charge is 0.381 e. The van der Waals surface area contributed by atoms with Crippen LogP contribution in [-0.4, -0.2) is 52.8 Å². The summed E-state index contributed by atoms with van der Waals surface area (Å²) in [6.45, 7) is 5.21. The number of carbonyl (C=O) groups excluding carboxylic acids is 1. The Morgan fingerprint density at radius 3 is 2.79 bits per heavy atom. The molecule has 1 aromatic heterocycles.